The average Bonchev–Trinajstić information content (AvgIpc) is 2.32. The molecule has 0 aromatic heterocycles. The van der Waals surface area contributed by atoms with Crippen LogP contribution in [-0.4, -0.2) is 24.4 Å². The average molecular weight is 284 g/mol. The quantitative estimate of drug-likeness (QED) is 0.901. The molecule has 1 aromatic rings. The van der Waals surface area contributed by atoms with Gasteiger partial charge in [-0.3, -0.25) is 9.59 Å². The van der Waals surface area contributed by atoms with E-state index in [1.807, 2.05) is 13.8 Å². The smallest absolute Gasteiger partial charge is 0.223 e. The number of hydrogen-bond acceptors (Lipinski definition) is 2. The van der Waals surface area contributed by atoms with Crippen LogP contribution in [0.3, 0.4) is 0 Å². The molecule has 1 aromatic carbocycles. The van der Waals surface area contributed by atoms with Crippen LogP contribution < -0.4 is 10.2 Å². The van der Waals surface area contributed by atoms with Gasteiger partial charge >= 0.3 is 0 Å². The predicted octanol–water partition coefficient (Wildman–Crippen LogP) is 2.23. The molecule has 0 spiro atoms. The van der Waals surface area contributed by atoms with Crippen molar-refractivity contribution in [1.29, 1.82) is 0 Å². The maximum Gasteiger partial charge on any atom is 0.223 e. The Morgan fingerprint density at radius 3 is 2.40 bits per heavy atom. The number of carbonyl (C=O) groups is 2. The van der Waals surface area contributed by atoms with Gasteiger partial charge in [-0.05, 0) is 26.0 Å². The summed E-state index contributed by atoms with van der Waals surface area (Å²) in [5.41, 5.74) is 0.230. The minimum atomic E-state index is -1.03. The van der Waals surface area contributed by atoms with E-state index in [-0.39, 0.29) is 36.5 Å². The summed E-state index contributed by atoms with van der Waals surface area (Å²) in [4.78, 5) is 24.3. The second-order valence-electron chi connectivity index (χ2n) is 4.74. The molecule has 2 amide bonds. The van der Waals surface area contributed by atoms with Crippen molar-refractivity contribution in [2.75, 3.05) is 11.4 Å². The molecule has 110 valence electrons. The van der Waals surface area contributed by atoms with Crippen molar-refractivity contribution in [3.05, 3.63) is 29.8 Å². The summed E-state index contributed by atoms with van der Waals surface area (Å²) in [6.07, 6.45) is 0.0940. The highest BCUT2D eigenvalue weighted by atomic mass is 19.2. The third kappa shape index (κ3) is 4.60. The van der Waals surface area contributed by atoms with Gasteiger partial charge in [0, 0.05) is 37.7 Å². The van der Waals surface area contributed by atoms with Crippen LogP contribution in [0.15, 0.2) is 18.2 Å². The number of anilines is 1. The topological polar surface area (TPSA) is 49.4 Å². The Kier molecular flexibility index (Phi) is 5.61. The first-order valence-corrected chi connectivity index (χ1v) is 6.33. The van der Waals surface area contributed by atoms with Crippen LogP contribution in [0.4, 0.5) is 14.5 Å². The molecule has 0 heterocycles. The fourth-order valence-corrected chi connectivity index (χ4v) is 1.73. The summed E-state index contributed by atoms with van der Waals surface area (Å²) >= 11 is 0. The van der Waals surface area contributed by atoms with E-state index < -0.39 is 11.6 Å². The normalized spacial score (nSPS) is 10.5. The first-order valence-electron chi connectivity index (χ1n) is 6.33. The van der Waals surface area contributed by atoms with Crippen LogP contribution in [0.25, 0.3) is 0 Å². The van der Waals surface area contributed by atoms with Crippen molar-refractivity contribution >= 4 is 17.5 Å². The Balaban J connectivity index is 2.77. The van der Waals surface area contributed by atoms with Crippen LogP contribution in [0.2, 0.25) is 0 Å². The molecule has 0 unspecified atom stereocenters. The third-order valence-corrected chi connectivity index (χ3v) is 2.61. The Morgan fingerprint density at radius 1 is 1.25 bits per heavy atom. The number of amides is 2. The van der Waals surface area contributed by atoms with Gasteiger partial charge in [0.2, 0.25) is 11.8 Å². The van der Waals surface area contributed by atoms with Crippen molar-refractivity contribution in [3.8, 4) is 0 Å². The molecule has 0 fully saturated rings. The number of halogens is 2. The van der Waals surface area contributed by atoms with E-state index in [1.165, 1.54) is 17.9 Å². The highest BCUT2D eigenvalue weighted by Gasteiger charge is 2.15. The van der Waals surface area contributed by atoms with Crippen LogP contribution >= 0.6 is 0 Å². The van der Waals surface area contributed by atoms with Gasteiger partial charge in [-0.25, -0.2) is 8.78 Å². The predicted molar refractivity (Wildman–Crippen MR) is 72.3 cm³/mol. The van der Waals surface area contributed by atoms with E-state index in [2.05, 4.69) is 5.32 Å². The Hall–Kier alpha value is -1.98. The molecule has 0 atom stereocenters. The monoisotopic (exact) mass is 284 g/mol. The first kappa shape index (κ1) is 16.1. The second-order valence-corrected chi connectivity index (χ2v) is 4.74. The fraction of sp³-hybridized carbons (Fsp3) is 0.429. The van der Waals surface area contributed by atoms with E-state index in [4.69, 9.17) is 0 Å². The van der Waals surface area contributed by atoms with Crippen molar-refractivity contribution < 1.29 is 18.4 Å². The molecule has 0 bridgehead atoms. The van der Waals surface area contributed by atoms with E-state index in [1.54, 1.807) is 0 Å². The van der Waals surface area contributed by atoms with Gasteiger partial charge in [-0.1, -0.05) is 0 Å². The molecule has 0 aliphatic rings. The first-order chi connectivity index (χ1) is 9.31. The van der Waals surface area contributed by atoms with Gasteiger partial charge in [-0.15, -0.1) is 0 Å². The molecule has 0 aliphatic carbocycles. The van der Waals surface area contributed by atoms with Crippen LogP contribution in [-0.2, 0) is 9.59 Å². The largest absolute Gasteiger partial charge is 0.354 e. The molecular weight excluding hydrogens is 266 g/mol. The van der Waals surface area contributed by atoms with E-state index >= 15 is 0 Å². The molecule has 1 rings (SSSR count). The molecule has 0 aliphatic heterocycles. The molecule has 1 N–H and O–H groups in total. The minimum absolute atomic E-state index is 0.0107. The zero-order valence-electron chi connectivity index (χ0n) is 11.7. The molecular formula is C14H18F2N2O2. The highest BCUT2D eigenvalue weighted by molar-refractivity contribution is 5.92. The van der Waals surface area contributed by atoms with Gasteiger partial charge in [0.05, 0.1) is 0 Å². The zero-order chi connectivity index (χ0) is 15.3. The summed E-state index contributed by atoms with van der Waals surface area (Å²) in [5.74, 6) is -2.54. The summed E-state index contributed by atoms with van der Waals surface area (Å²) in [6.45, 7) is 5.08. The number of carbonyl (C=O) groups excluding carboxylic acids is 2. The zero-order valence-corrected chi connectivity index (χ0v) is 11.7. The van der Waals surface area contributed by atoms with Crippen molar-refractivity contribution in [1.82, 2.24) is 5.32 Å². The number of nitrogens with zero attached hydrogens (tertiary/aromatic N) is 1. The van der Waals surface area contributed by atoms with Crippen LogP contribution in [0.1, 0.15) is 27.2 Å². The summed E-state index contributed by atoms with van der Waals surface area (Å²) < 4.78 is 26.1. The van der Waals surface area contributed by atoms with Crippen molar-refractivity contribution in [3.63, 3.8) is 0 Å². The van der Waals surface area contributed by atoms with Gasteiger partial charge in [0.15, 0.2) is 11.6 Å². The summed E-state index contributed by atoms with van der Waals surface area (Å²) in [7, 11) is 0. The Morgan fingerprint density at radius 2 is 1.90 bits per heavy atom. The van der Waals surface area contributed by atoms with Crippen molar-refractivity contribution in [2.45, 2.75) is 33.2 Å². The van der Waals surface area contributed by atoms with E-state index in [9.17, 15) is 18.4 Å². The number of nitrogens with one attached hydrogen (secondary N) is 1. The summed E-state index contributed by atoms with van der Waals surface area (Å²) in [5, 5.41) is 2.70. The lowest BCUT2D eigenvalue weighted by Gasteiger charge is -2.21. The van der Waals surface area contributed by atoms with Gasteiger partial charge < -0.3 is 10.2 Å². The minimum Gasteiger partial charge on any atom is -0.354 e. The van der Waals surface area contributed by atoms with Crippen LogP contribution in [0.5, 0.6) is 0 Å². The lowest BCUT2D eigenvalue weighted by Crippen LogP contribution is -2.36. The molecule has 0 radical (unpaired) electrons. The standard InChI is InChI=1S/C14H18F2N2O2/c1-9(2)17-14(20)6-7-18(10(3)19)11-4-5-12(15)13(16)8-11/h4-5,8-9H,6-7H2,1-3H3,(H,17,20). The lowest BCUT2D eigenvalue weighted by atomic mass is 10.2. The van der Waals surface area contributed by atoms with Crippen LogP contribution in [0, 0.1) is 11.6 Å². The second kappa shape index (κ2) is 6.98. The summed E-state index contributed by atoms with van der Waals surface area (Å²) in [6, 6.07) is 3.21. The molecule has 0 saturated carbocycles. The maximum absolute atomic E-state index is 13.2. The number of rotatable bonds is 5. The lowest BCUT2D eigenvalue weighted by molar-refractivity contribution is -0.121. The Bertz CT molecular complexity index is 504. The van der Waals surface area contributed by atoms with Crippen molar-refractivity contribution in [2.24, 2.45) is 0 Å². The van der Waals surface area contributed by atoms with E-state index in [0.717, 1.165) is 12.1 Å². The number of hydrogen-bond donors (Lipinski definition) is 1. The molecule has 4 nitrogen and oxygen atoms in total. The molecule has 20 heavy (non-hydrogen) atoms. The highest BCUT2D eigenvalue weighted by Crippen LogP contribution is 2.18. The van der Waals surface area contributed by atoms with Gasteiger partial charge in [0.1, 0.15) is 0 Å². The third-order valence-electron chi connectivity index (χ3n) is 2.61. The fourth-order valence-electron chi connectivity index (χ4n) is 1.73. The SMILES string of the molecule is CC(=O)N(CCC(=O)NC(C)C)c1ccc(F)c(F)c1. The van der Waals surface area contributed by atoms with E-state index in [0.29, 0.717) is 0 Å². The maximum atomic E-state index is 13.2. The number of benzene rings is 1. The van der Waals surface area contributed by atoms with Gasteiger partial charge in [0.25, 0.3) is 0 Å². The van der Waals surface area contributed by atoms with Gasteiger partial charge in [-0.2, -0.15) is 0 Å². The molecule has 6 heteroatoms. The molecule has 0 saturated heterocycles. The Labute approximate surface area is 116 Å².